The maximum absolute atomic E-state index is 13.0. The molecule has 2 heterocycles. The molecule has 1 aliphatic heterocycles. The second kappa shape index (κ2) is 8.94. The minimum Gasteiger partial charge on any atom is -0.494 e. The molecular weight excluding hydrogens is 406 g/mol. The van der Waals surface area contributed by atoms with Crippen LogP contribution in [0.1, 0.15) is 48.0 Å². The molecule has 0 radical (unpaired) electrons. The van der Waals surface area contributed by atoms with E-state index in [1.807, 2.05) is 31.2 Å². The molecule has 0 saturated carbocycles. The SMILES string of the molecule is CCOc1ccc(C2C(C#N)=C(N)N(NC(=O)c3ccncc3)C3=C2C(=O)CCC3)cc1. The number of ketones is 1. The molecule has 1 atom stereocenters. The van der Waals surface area contributed by atoms with Gasteiger partial charge in [0.1, 0.15) is 11.6 Å². The van der Waals surface area contributed by atoms with Crippen molar-refractivity contribution < 1.29 is 14.3 Å². The summed E-state index contributed by atoms with van der Waals surface area (Å²) in [5, 5.41) is 11.4. The third kappa shape index (κ3) is 3.81. The van der Waals surface area contributed by atoms with Gasteiger partial charge in [0.15, 0.2) is 5.78 Å². The summed E-state index contributed by atoms with van der Waals surface area (Å²) in [7, 11) is 0. The van der Waals surface area contributed by atoms with E-state index in [9.17, 15) is 14.9 Å². The van der Waals surface area contributed by atoms with Crippen LogP contribution in [0.25, 0.3) is 0 Å². The fourth-order valence-electron chi connectivity index (χ4n) is 4.14. The fourth-order valence-corrected chi connectivity index (χ4v) is 4.14. The topological polar surface area (TPSA) is 121 Å². The minimum absolute atomic E-state index is 0.0476. The van der Waals surface area contributed by atoms with Gasteiger partial charge in [-0.25, -0.2) is 5.01 Å². The lowest BCUT2D eigenvalue weighted by Crippen LogP contribution is -2.48. The average molecular weight is 429 g/mol. The summed E-state index contributed by atoms with van der Waals surface area (Å²) >= 11 is 0. The summed E-state index contributed by atoms with van der Waals surface area (Å²) in [4.78, 5) is 29.8. The third-order valence-electron chi connectivity index (χ3n) is 5.59. The number of amides is 1. The predicted molar refractivity (Wildman–Crippen MR) is 117 cm³/mol. The van der Waals surface area contributed by atoms with Crippen molar-refractivity contribution in [2.75, 3.05) is 6.61 Å². The molecule has 1 aliphatic carbocycles. The van der Waals surface area contributed by atoms with Crippen molar-refractivity contribution in [1.29, 1.82) is 5.26 Å². The highest BCUT2D eigenvalue weighted by Gasteiger charge is 2.40. The van der Waals surface area contributed by atoms with E-state index in [4.69, 9.17) is 10.5 Å². The van der Waals surface area contributed by atoms with Gasteiger partial charge in [-0.3, -0.25) is 20.0 Å². The van der Waals surface area contributed by atoms with E-state index in [-0.39, 0.29) is 17.2 Å². The van der Waals surface area contributed by atoms with Crippen LogP contribution in [0.4, 0.5) is 0 Å². The summed E-state index contributed by atoms with van der Waals surface area (Å²) in [6.07, 6.45) is 4.62. The number of ether oxygens (including phenoxy) is 1. The molecule has 162 valence electrons. The van der Waals surface area contributed by atoms with E-state index in [1.165, 1.54) is 17.4 Å². The number of benzene rings is 1. The van der Waals surface area contributed by atoms with Gasteiger partial charge in [-0.1, -0.05) is 12.1 Å². The van der Waals surface area contributed by atoms with Gasteiger partial charge in [0.2, 0.25) is 0 Å². The van der Waals surface area contributed by atoms with E-state index >= 15 is 0 Å². The molecule has 1 aromatic heterocycles. The van der Waals surface area contributed by atoms with E-state index < -0.39 is 11.8 Å². The summed E-state index contributed by atoms with van der Waals surface area (Å²) in [6.45, 7) is 2.44. The summed E-state index contributed by atoms with van der Waals surface area (Å²) in [6, 6.07) is 12.6. The fraction of sp³-hybridized carbons (Fsp3) is 0.250. The van der Waals surface area contributed by atoms with Gasteiger partial charge >= 0.3 is 0 Å². The Balaban J connectivity index is 1.78. The van der Waals surface area contributed by atoms with Crippen molar-refractivity contribution in [3.8, 4) is 11.8 Å². The van der Waals surface area contributed by atoms with Crippen LogP contribution in [0, 0.1) is 11.3 Å². The Morgan fingerprint density at radius 3 is 2.62 bits per heavy atom. The summed E-state index contributed by atoms with van der Waals surface area (Å²) < 4.78 is 5.51. The Kier molecular flexibility index (Phi) is 5.90. The second-order valence-corrected chi connectivity index (χ2v) is 7.50. The lowest BCUT2D eigenvalue weighted by atomic mass is 9.76. The first-order chi connectivity index (χ1) is 15.5. The molecule has 0 bridgehead atoms. The van der Waals surface area contributed by atoms with E-state index in [0.717, 1.165) is 5.56 Å². The van der Waals surface area contributed by atoms with Crippen LogP contribution in [0.5, 0.6) is 5.75 Å². The number of allylic oxidation sites excluding steroid dienone is 3. The normalized spacial score (nSPS) is 18.2. The monoisotopic (exact) mass is 429 g/mol. The zero-order valence-corrected chi connectivity index (χ0v) is 17.7. The highest BCUT2D eigenvalue weighted by atomic mass is 16.5. The van der Waals surface area contributed by atoms with Gasteiger partial charge < -0.3 is 10.5 Å². The number of hydrazine groups is 1. The first-order valence-corrected chi connectivity index (χ1v) is 10.4. The number of hydrogen-bond acceptors (Lipinski definition) is 7. The molecule has 0 fully saturated rings. The minimum atomic E-state index is -0.590. The van der Waals surface area contributed by atoms with E-state index in [2.05, 4.69) is 16.5 Å². The van der Waals surface area contributed by atoms with Gasteiger partial charge in [0, 0.05) is 35.6 Å². The summed E-state index contributed by atoms with van der Waals surface area (Å²) in [5.41, 5.74) is 11.7. The van der Waals surface area contributed by atoms with Crippen LogP contribution < -0.4 is 15.9 Å². The Morgan fingerprint density at radius 2 is 1.97 bits per heavy atom. The molecule has 0 spiro atoms. The predicted octanol–water partition coefficient (Wildman–Crippen LogP) is 2.93. The molecule has 1 amide bonds. The molecular formula is C24H23N5O3. The smallest absolute Gasteiger partial charge is 0.270 e. The van der Waals surface area contributed by atoms with Crippen LogP contribution in [-0.4, -0.2) is 28.3 Å². The molecule has 2 aliphatic rings. The van der Waals surface area contributed by atoms with E-state index in [1.54, 1.807) is 12.1 Å². The van der Waals surface area contributed by atoms with Crippen molar-refractivity contribution in [2.24, 2.45) is 5.73 Å². The molecule has 2 aromatic rings. The standard InChI is InChI=1S/C24H23N5O3/c1-2-32-17-8-6-15(7-9-17)21-18(14-25)23(26)29(19-4-3-5-20(30)22(19)21)28-24(31)16-10-12-27-13-11-16/h6-13,21H,2-5,26H2,1H3,(H,28,31). The zero-order valence-electron chi connectivity index (χ0n) is 17.7. The molecule has 4 rings (SSSR count). The maximum Gasteiger partial charge on any atom is 0.270 e. The molecule has 1 aromatic carbocycles. The number of pyridine rings is 1. The molecule has 8 nitrogen and oxygen atoms in total. The number of nitrogens with one attached hydrogen (secondary N) is 1. The van der Waals surface area contributed by atoms with Crippen molar-refractivity contribution in [3.05, 3.63) is 82.6 Å². The van der Waals surface area contributed by atoms with Crippen LogP contribution >= 0.6 is 0 Å². The summed E-state index contributed by atoms with van der Waals surface area (Å²) in [5.74, 6) is -0.224. The molecule has 3 N–H and O–H groups in total. The Labute approximate surface area is 186 Å². The first-order valence-electron chi connectivity index (χ1n) is 10.4. The van der Waals surface area contributed by atoms with Crippen molar-refractivity contribution >= 4 is 11.7 Å². The average Bonchev–Trinajstić information content (AvgIpc) is 2.82. The third-order valence-corrected chi connectivity index (χ3v) is 5.59. The molecule has 32 heavy (non-hydrogen) atoms. The molecule has 0 saturated heterocycles. The van der Waals surface area contributed by atoms with Gasteiger partial charge in [-0.05, 0) is 49.6 Å². The van der Waals surface area contributed by atoms with Gasteiger partial charge in [0.25, 0.3) is 5.91 Å². The maximum atomic E-state index is 13.0. The van der Waals surface area contributed by atoms with Gasteiger partial charge in [-0.2, -0.15) is 5.26 Å². The Bertz CT molecular complexity index is 1150. The van der Waals surface area contributed by atoms with Crippen molar-refractivity contribution in [2.45, 2.75) is 32.1 Å². The number of carbonyl (C=O) groups excluding carboxylic acids is 2. The Morgan fingerprint density at radius 1 is 1.25 bits per heavy atom. The van der Waals surface area contributed by atoms with Gasteiger partial charge in [-0.15, -0.1) is 0 Å². The van der Waals surface area contributed by atoms with Crippen molar-refractivity contribution in [1.82, 2.24) is 15.4 Å². The number of carbonyl (C=O) groups is 2. The number of Topliss-reactive ketones (excluding diaryl/α,β-unsaturated/α-hetero) is 1. The number of nitrogens with zero attached hydrogens (tertiary/aromatic N) is 3. The van der Waals surface area contributed by atoms with E-state index in [0.29, 0.717) is 48.5 Å². The van der Waals surface area contributed by atoms with Crippen LogP contribution in [0.2, 0.25) is 0 Å². The number of nitriles is 1. The highest BCUT2D eigenvalue weighted by molar-refractivity contribution is 6.00. The van der Waals surface area contributed by atoms with Gasteiger partial charge in [0.05, 0.1) is 24.2 Å². The number of aromatic nitrogens is 1. The number of rotatable bonds is 5. The van der Waals surface area contributed by atoms with Crippen LogP contribution in [-0.2, 0) is 4.79 Å². The largest absolute Gasteiger partial charge is 0.494 e. The van der Waals surface area contributed by atoms with Crippen molar-refractivity contribution in [3.63, 3.8) is 0 Å². The van der Waals surface area contributed by atoms with Crippen LogP contribution in [0.15, 0.2) is 71.5 Å². The Hall–Kier alpha value is -4.12. The molecule has 8 heteroatoms. The first kappa shape index (κ1) is 21.1. The lowest BCUT2D eigenvalue weighted by molar-refractivity contribution is -0.116. The van der Waals surface area contributed by atoms with Crippen LogP contribution in [0.3, 0.4) is 0 Å². The number of nitrogens with two attached hydrogens (primary N) is 1. The zero-order chi connectivity index (χ0) is 22.7. The highest BCUT2D eigenvalue weighted by Crippen LogP contribution is 2.44. The quantitative estimate of drug-likeness (QED) is 0.749. The lowest BCUT2D eigenvalue weighted by Gasteiger charge is -2.39. The second-order valence-electron chi connectivity index (χ2n) is 7.50. The molecule has 1 unspecified atom stereocenters. The number of hydrogen-bond donors (Lipinski definition) is 2.